The van der Waals surface area contributed by atoms with Gasteiger partial charge in [-0.25, -0.2) is 9.37 Å². The molecule has 3 heterocycles. The maximum atomic E-state index is 13.0. The first-order valence-corrected chi connectivity index (χ1v) is 7.75. The fourth-order valence-electron chi connectivity index (χ4n) is 2.98. The van der Waals surface area contributed by atoms with Gasteiger partial charge in [-0.2, -0.15) is 5.10 Å². The Hall–Kier alpha value is -2.47. The zero-order valence-electron chi connectivity index (χ0n) is 12.8. The Balaban J connectivity index is 1.44. The van der Waals surface area contributed by atoms with E-state index in [1.807, 2.05) is 29.1 Å². The molecule has 0 bridgehead atoms. The molecule has 118 valence electrons. The average molecular weight is 311 g/mol. The number of fused-ring (bicyclic) bond motifs is 1. The maximum absolute atomic E-state index is 13.0. The highest BCUT2D eigenvalue weighted by Gasteiger charge is 2.18. The Labute approximate surface area is 134 Å². The summed E-state index contributed by atoms with van der Waals surface area (Å²) >= 11 is 0. The van der Waals surface area contributed by atoms with E-state index in [1.54, 1.807) is 6.20 Å². The molecule has 0 saturated carbocycles. The van der Waals surface area contributed by atoms with Crippen molar-refractivity contribution in [3.8, 4) is 0 Å². The van der Waals surface area contributed by atoms with Crippen LogP contribution >= 0.6 is 0 Å². The van der Waals surface area contributed by atoms with E-state index in [2.05, 4.69) is 20.8 Å². The first kappa shape index (κ1) is 14.1. The molecule has 0 aliphatic carbocycles. The normalized spacial score (nSPS) is 14.8. The fourth-order valence-corrected chi connectivity index (χ4v) is 2.98. The van der Waals surface area contributed by atoms with Crippen molar-refractivity contribution < 1.29 is 4.39 Å². The molecule has 5 nitrogen and oxygen atoms in total. The lowest BCUT2D eigenvalue weighted by Crippen LogP contribution is -2.33. The number of halogens is 1. The quantitative estimate of drug-likeness (QED) is 0.742. The molecule has 1 aliphatic rings. The second-order valence-corrected chi connectivity index (χ2v) is 5.88. The molecule has 0 atom stereocenters. The molecule has 0 radical (unpaired) electrons. The van der Waals surface area contributed by atoms with Crippen molar-refractivity contribution in [3.63, 3.8) is 0 Å². The molecule has 0 amide bonds. The van der Waals surface area contributed by atoms with Gasteiger partial charge in [0.05, 0.1) is 18.8 Å². The van der Waals surface area contributed by atoms with Crippen LogP contribution in [0.2, 0.25) is 0 Å². The predicted molar refractivity (Wildman–Crippen MR) is 84.1 cm³/mol. The van der Waals surface area contributed by atoms with Gasteiger partial charge in [-0.1, -0.05) is 12.1 Å². The van der Waals surface area contributed by atoms with E-state index in [1.165, 1.54) is 12.1 Å². The van der Waals surface area contributed by atoms with Crippen LogP contribution in [0.15, 0.2) is 48.9 Å². The summed E-state index contributed by atoms with van der Waals surface area (Å²) in [7, 11) is 0. The molecule has 1 aromatic carbocycles. The SMILES string of the molecule is Fc1ccc(CN2CCn3cc(Cn4cccn4)nc3C2)cc1. The molecule has 23 heavy (non-hydrogen) atoms. The lowest BCUT2D eigenvalue weighted by Gasteiger charge is -2.27. The van der Waals surface area contributed by atoms with E-state index in [4.69, 9.17) is 4.98 Å². The van der Waals surface area contributed by atoms with Gasteiger partial charge >= 0.3 is 0 Å². The third kappa shape index (κ3) is 3.17. The van der Waals surface area contributed by atoms with Gasteiger partial charge in [0.25, 0.3) is 0 Å². The van der Waals surface area contributed by atoms with E-state index in [9.17, 15) is 4.39 Å². The molecule has 3 aromatic rings. The zero-order chi connectivity index (χ0) is 15.6. The van der Waals surface area contributed by atoms with Crippen LogP contribution < -0.4 is 0 Å². The van der Waals surface area contributed by atoms with Crippen molar-refractivity contribution in [1.29, 1.82) is 0 Å². The number of aromatic nitrogens is 4. The van der Waals surface area contributed by atoms with E-state index in [-0.39, 0.29) is 5.82 Å². The lowest BCUT2D eigenvalue weighted by molar-refractivity contribution is 0.209. The number of rotatable bonds is 4. The van der Waals surface area contributed by atoms with E-state index in [0.29, 0.717) is 6.54 Å². The minimum atomic E-state index is -0.189. The summed E-state index contributed by atoms with van der Waals surface area (Å²) in [6.07, 6.45) is 5.84. The van der Waals surface area contributed by atoms with Gasteiger partial charge in [0.1, 0.15) is 11.6 Å². The van der Waals surface area contributed by atoms with Crippen LogP contribution in [0.4, 0.5) is 4.39 Å². The van der Waals surface area contributed by atoms with Gasteiger partial charge in [0, 0.05) is 38.2 Å². The van der Waals surface area contributed by atoms with Gasteiger partial charge < -0.3 is 4.57 Å². The van der Waals surface area contributed by atoms with Gasteiger partial charge in [0.2, 0.25) is 0 Å². The second kappa shape index (κ2) is 5.96. The van der Waals surface area contributed by atoms with Crippen LogP contribution in [0, 0.1) is 5.82 Å². The number of hydrogen-bond donors (Lipinski definition) is 0. The monoisotopic (exact) mass is 311 g/mol. The van der Waals surface area contributed by atoms with Crippen LogP contribution in [0.1, 0.15) is 17.1 Å². The van der Waals surface area contributed by atoms with Crippen molar-refractivity contribution in [1.82, 2.24) is 24.2 Å². The van der Waals surface area contributed by atoms with Crippen LogP contribution in [0.5, 0.6) is 0 Å². The molecule has 0 spiro atoms. The second-order valence-electron chi connectivity index (χ2n) is 5.88. The van der Waals surface area contributed by atoms with Crippen LogP contribution in [-0.2, 0) is 26.2 Å². The number of benzene rings is 1. The standard InChI is InChI=1S/C17H18FN5/c18-15-4-2-14(3-5-15)10-21-8-9-22-11-16(20-17(22)13-21)12-23-7-1-6-19-23/h1-7,11H,8-10,12-13H2. The predicted octanol–water partition coefficient (Wildman–Crippen LogP) is 2.28. The maximum Gasteiger partial charge on any atom is 0.123 e. The average Bonchev–Trinajstić information content (AvgIpc) is 3.18. The Morgan fingerprint density at radius 1 is 1.09 bits per heavy atom. The summed E-state index contributed by atoms with van der Waals surface area (Å²) in [5, 5.41) is 4.22. The Kier molecular flexibility index (Phi) is 3.67. The molecule has 4 rings (SSSR count). The van der Waals surface area contributed by atoms with E-state index < -0.39 is 0 Å². The van der Waals surface area contributed by atoms with Gasteiger partial charge in [-0.05, 0) is 23.8 Å². The Morgan fingerprint density at radius 2 is 1.96 bits per heavy atom. The van der Waals surface area contributed by atoms with Crippen molar-refractivity contribution >= 4 is 0 Å². The molecule has 0 fully saturated rings. The summed E-state index contributed by atoms with van der Waals surface area (Å²) in [6, 6.07) is 8.64. The number of nitrogens with zero attached hydrogens (tertiary/aromatic N) is 5. The molecular formula is C17H18FN5. The Morgan fingerprint density at radius 3 is 2.74 bits per heavy atom. The van der Waals surface area contributed by atoms with Crippen molar-refractivity contribution in [2.75, 3.05) is 6.54 Å². The van der Waals surface area contributed by atoms with Crippen molar-refractivity contribution in [3.05, 3.63) is 71.8 Å². The molecule has 0 unspecified atom stereocenters. The first-order chi connectivity index (χ1) is 11.3. The Bertz CT molecular complexity index is 776. The summed E-state index contributed by atoms with van der Waals surface area (Å²) in [5.41, 5.74) is 2.16. The summed E-state index contributed by atoms with van der Waals surface area (Å²) in [5.74, 6) is 0.895. The molecule has 6 heteroatoms. The minimum absolute atomic E-state index is 0.189. The van der Waals surface area contributed by atoms with Crippen LogP contribution in [0.3, 0.4) is 0 Å². The first-order valence-electron chi connectivity index (χ1n) is 7.75. The molecular weight excluding hydrogens is 293 g/mol. The molecule has 2 aromatic heterocycles. The van der Waals surface area contributed by atoms with Crippen LogP contribution in [0.25, 0.3) is 0 Å². The molecule has 0 N–H and O–H groups in total. The smallest absolute Gasteiger partial charge is 0.123 e. The molecule has 1 aliphatic heterocycles. The number of hydrogen-bond acceptors (Lipinski definition) is 3. The zero-order valence-corrected chi connectivity index (χ0v) is 12.8. The number of imidazole rings is 1. The van der Waals surface area contributed by atoms with Crippen molar-refractivity contribution in [2.24, 2.45) is 0 Å². The minimum Gasteiger partial charge on any atom is -0.332 e. The fraction of sp³-hybridized carbons (Fsp3) is 0.294. The largest absolute Gasteiger partial charge is 0.332 e. The van der Waals surface area contributed by atoms with Crippen molar-refractivity contribution in [2.45, 2.75) is 26.2 Å². The van der Waals surface area contributed by atoms with E-state index >= 15 is 0 Å². The van der Waals surface area contributed by atoms with Gasteiger partial charge in [-0.15, -0.1) is 0 Å². The third-order valence-electron chi connectivity index (χ3n) is 4.13. The van der Waals surface area contributed by atoms with Gasteiger partial charge in [0.15, 0.2) is 0 Å². The topological polar surface area (TPSA) is 38.9 Å². The molecule has 0 saturated heterocycles. The van der Waals surface area contributed by atoms with Gasteiger partial charge in [-0.3, -0.25) is 9.58 Å². The highest BCUT2D eigenvalue weighted by atomic mass is 19.1. The van der Waals surface area contributed by atoms with Crippen LogP contribution in [-0.4, -0.2) is 30.8 Å². The third-order valence-corrected chi connectivity index (χ3v) is 4.13. The summed E-state index contributed by atoms with van der Waals surface area (Å²) in [6.45, 7) is 4.24. The highest BCUT2D eigenvalue weighted by Crippen LogP contribution is 2.16. The van der Waals surface area contributed by atoms with E-state index in [0.717, 1.165) is 43.3 Å². The summed E-state index contributed by atoms with van der Waals surface area (Å²) < 4.78 is 17.1. The lowest BCUT2D eigenvalue weighted by atomic mass is 10.2. The highest BCUT2D eigenvalue weighted by molar-refractivity contribution is 5.16. The summed E-state index contributed by atoms with van der Waals surface area (Å²) in [4.78, 5) is 7.07.